The van der Waals surface area contributed by atoms with Crippen LogP contribution in [0.4, 0.5) is 0 Å². The normalized spacial score (nSPS) is 12.1. The van der Waals surface area contributed by atoms with Gasteiger partial charge in [-0.25, -0.2) is 9.97 Å². The standard InChI is InChI=1S/C48H24N8.Cu/c1-5-13-29-25(9-1)17-21-33-37(29)45-50-41(33)49-42-34-22-18-26-10-2-6-14-30(26)38(34)46(51-42)53-44-36-24-20-28-12-4-8-16-32(28)40(36)48(55-44)56-47-39-31-15-7-3-11-27(31)19-23-35(39)43(52-45)54-47;/h1-24H;/q-2;+2. The van der Waals surface area contributed by atoms with Crippen LogP contribution in [-0.2, 0) is 17.1 Å². The SMILES string of the molecule is [Cu+2].c1ccc2c3c(ccc2c1)-c1nc-3nc2[n-]c(nc3nc(nc4[n-]c(n1)c1ccc5ccccc5c41)-c1ccc4ccccc4c1-3)c1c3ccccc3ccc21. The van der Waals surface area contributed by atoms with Crippen LogP contribution in [0.2, 0.25) is 0 Å². The number of benzene rings is 8. The van der Waals surface area contributed by atoms with Gasteiger partial charge in [0.05, 0.1) is 23.3 Å². The van der Waals surface area contributed by atoms with Gasteiger partial charge in [0.1, 0.15) is 0 Å². The zero-order valence-electron chi connectivity index (χ0n) is 29.7. The van der Waals surface area contributed by atoms with E-state index < -0.39 is 0 Å². The summed E-state index contributed by atoms with van der Waals surface area (Å²) in [5, 5.41) is 12.1. The third kappa shape index (κ3) is 4.55. The molecule has 1 radical (unpaired) electrons. The first-order chi connectivity index (χ1) is 27.7. The third-order valence-corrected chi connectivity index (χ3v) is 11.3. The molecule has 3 aromatic heterocycles. The van der Waals surface area contributed by atoms with Crippen LogP contribution in [0.1, 0.15) is 0 Å². The average molecular weight is 776 g/mol. The van der Waals surface area contributed by atoms with Crippen LogP contribution in [0.5, 0.6) is 0 Å². The quantitative estimate of drug-likeness (QED) is 0.140. The Bertz CT molecular complexity index is 3740. The molecule has 5 heterocycles. The molecule has 13 rings (SSSR count). The average Bonchev–Trinajstić information content (AvgIpc) is 3.99. The zero-order chi connectivity index (χ0) is 36.5. The monoisotopic (exact) mass is 775 g/mol. The van der Waals surface area contributed by atoms with Crippen LogP contribution in [0.25, 0.3) is 133 Å². The molecule has 8 aromatic carbocycles. The van der Waals surface area contributed by atoms with E-state index >= 15 is 0 Å². The maximum atomic E-state index is 5.35. The van der Waals surface area contributed by atoms with Crippen molar-refractivity contribution in [2.75, 3.05) is 0 Å². The van der Waals surface area contributed by atoms with Gasteiger partial charge in [0.25, 0.3) is 0 Å². The van der Waals surface area contributed by atoms with E-state index in [0.29, 0.717) is 45.9 Å². The Morgan fingerprint density at radius 1 is 0.281 bits per heavy atom. The van der Waals surface area contributed by atoms with Crippen LogP contribution in [0, 0.1) is 0 Å². The molecule has 0 aliphatic carbocycles. The van der Waals surface area contributed by atoms with Gasteiger partial charge in [0.15, 0.2) is 0 Å². The van der Waals surface area contributed by atoms with Crippen molar-refractivity contribution in [3.63, 3.8) is 0 Å². The largest absolute Gasteiger partial charge is 2.00 e. The summed E-state index contributed by atoms with van der Waals surface area (Å²) in [6.45, 7) is 0. The van der Waals surface area contributed by atoms with Crippen molar-refractivity contribution >= 4 is 87.2 Å². The molecule has 0 saturated heterocycles. The van der Waals surface area contributed by atoms with Crippen molar-refractivity contribution in [3.8, 4) is 45.6 Å². The number of hydrogen-bond donors (Lipinski definition) is 0. The van der Waals surface area contributed by atoms with Gasteiger partial charge in [0, 0.05) is 55.6 Å². The van der Waals surface area contributed by atoms with Gasteiger partial charge in [-0.3, -0.25) is 0 Å². The van der Waals surface area contributed by atoms with E-state index in [9.17, 15) is 0 Å². The van der Waals surface area contributed by atoms with Crippen LogP contribution < -0.4 is 9.97 Å². The molecular formula is C48H24CuN8. The summed E-state index contributed by atoms with van der Waals surface area (Å²) in [7, 11) is 0. The second kappa shape index (κ2) is 11.8. The second-order valence-corrected chi connectivity index (χ2v) is 14.3. The second-order valence-electron chi connectivity index (χ2n) is 14.3. The molecule has 0 spiro atoms. The summed E-state index contributed by atoms with van der Waals surface area (Å²) in [5.41, 5.74) is 5.73. The van der Waals surface area contributed by atoms with E-state index in [4.69, 9.17) is 39.9 Å². The summed E-state index contributed by atoms with van der Waals surface area (Å²) in [5.74, 6) is 2.15. The Kier molecular flexibility index (Phi) is 6.64. The minimum Gasteiger partial charge on any atom is -0.357 e. The zero-order valence-corrected chi connectivity index (χ0v) is 30.7. The first kappa shape index (κ1) is 32.0. The molecule has 8 bridgehead atoms. The molecule has 0 saturated carbocycles. The molecule has 2 aliphatic rings. The minimum atomic E-state index is 0. The van der Waals surface area contributed by atoms with E-state index in [0.717, 1.165) is 86.9 Å². The Hall–Kier alpha value is -7.32. The smallest absolute Gasteiger partial charge is 0.357 e. The number of aromatic nitrogens is 8. The van der Waals surface area contributed by atoms with Gasteiger partial charge in [-0.05, 0) is 53.9 Å². The fourth-order valence-corrected chi connectivity index (χ4v) is 8.73. The molecular weight excluding hydrogens is 752 g/mol. The molecule has 0 fully saturated rings. The van der Waals surface area contributed by atoms with Gasteiger partial charge >= 0.3 is 17.1 Å². The fraction of sp³-hybridized carbons (Fsp3) is 0. The van der Waals surface area contributed by atoms with Crippen LogP contribution in [-0.4, -0.2) is 29.9 Å². The molecule has 11 aromatic rings. The van der Waals surface area contributed by atoms with E-state index in [1.54, 1.807) is 0 Å². The van der Waals surface area contributed by atoms with Gasteiger partial charge in [-0.15, -0.1) is 0 Å². The van der Waals surface area contributed by atoms with Crippen LogP contribution in [0.15, 0.2) is 146 Å². The van der Waals surface area contributed by atoms with Gasteiger partial charge in [0.2, 0.25) is 0 Å². The van der Waals surface area contributed by atoms with E-state index in [1.807, 2.05) is 48.5 Å². The minimum absolute atomic E-state index is 0. The van der Waals surface area contributed by atoms with Crippen LogP contribution in [0.3, 0.4) is 0 Å². The van der Waals surface area contributed by atoms with E-state index in [-0.39, 0.29) is 17.1 Å². The summed E-state index contributed by atoms with van der Waals surface area (Å²) >= 11 is 0. The Morgan fingerprint density at radius 2 is 0.632 bits per heavy atom. The summed E-state index contributed by atoms with van der Waals surface area (Å²) < 4.78 is 0. The van der Waals surface area contributed by atoms with Crippen molar-refractivity contribution in [2.45, 2.75) is 0 Å². The maximum Gasteiger partial charge on any atom is 2.00 e. The Labute approximate surface area is 333 Å². The Balaban J connectivity index is 0.00000356. The number of fused-ring (bicyclic) bond motifs is 28. The van der Waals surface area contributed by atoms with Gasteiger partial charge < -0.3 is 29.9 Å². The molecule has 0 amide bonds. The summed E-state index contributed by atoms with van der Waals surface area (Å²) in [6, 6.07) is 50.1. The number of nitrogens with zero attached hydrogens (tertiary/aromatic N) is 8. The number of rotatable bonds is 0. The van der Waals surface area contributed by atoms with Gasteiger partial charge in [-0.1, -0.05) is 146 Å². The maximum absolute atomic E-state index is 5.35. The third-order valence-electron chi connectivity index (χ3n) is 11.3. The molecule has 0 unspecified atom stereocenters. The molecule has 2 aliphatic heterocycles. The van der Waals surface area contributed by atoms with Crippen molar-refractivity contribution in [1.29, 1.82) is 0 Å². The van der Waals surface area contributed by atoms with Crippen molar-refractivity contribution in [1.82, 2.24) is 39.9 Å². The first-order valence-corrected chi connectivity index (χ1v) is 18.5. The van der Waals surface area contributed by atoms with E-state index in [2.05, 4.69) is 97.1 Å². The van der Waals surface area contributed by atoms with Crippen molar-refractivity contribution in [2.24, 2.45) is 0 Å². The van der Waals surface area contributed by atoms with Gasteiger partial charge in [-0.2, -0.15) is 0 Å². The molecule has 57 heavy (non-hydrogen) atoms. The predicted molar refractivity (Wildman–Crippen MR) is 224 cm³/mol. The Morgan fingerprint density at radius 3 is 1.11 bits per heavy atom. The first-order valence-electron chi connectivity index (χ1n) is 18.5. The van der Waals surface area contributed by atoms with Crippen molar-refractivity contribution in [3.05, 3.63) is 146 Å². The molecule has 0 N–H and O–H groups in total. The summed E-state index contributed by atoms with van der Waals surface area (Å²) in [6.07, 6.45) is 0. The summed E-state index contributed by atoms with van der Waals surface area (Å²) in [4.78, 5) is 42.0. The number of hydrogen-bond acceptors (Lipinski definition) is 6. The fourth-order valence-electron chi connectivity index (χ4n) is 8.73. The van der Waals surface area contributed by atoms with E-state index in [1.165, 1.54) is 0 Å². The van der Waals surface area contributed by atoms with Crippen LogP contribution >= 0.6 is 0 Å². The van der Waals surface area contributed by atoms with Crippen molar-refractivity contribution < 1.29 is 17.1 Å². The molecule has 8 nitrogen and oxygen atoms in total. The topological polar surface area (TPSA) is 106 Å². The predicted octanol–water partition coefficient (Wildman–Crippen LogP) is 10.7. The molecule has 267 valence electrons. The molecule has 0 atom stereocenters. The molecule has 9 heteroatoms.